The van der Waals surface area contributed by atoms with Gasteiger partial charge in [0.15, 0.2) is 0 Å². The summed E-state index contributed by atoms with van der Waals surface area (Å²) in [6.07, 6.45) is 4.59. The highest BCUT2D eigenvalue weighted by molar-refractivity contribution is 5.79. The first kappa shape index (κ1) is 10.6. The Kier molecular flexibility index (Phi) is 3.34. The first-order chi connectivity index (χ1) is 6.05. The zero-order valence-corrected chi connectivity index (χ0v) is 9.19. The lowest BCUT2D eigenvalue weighted by Gasteiger charge is -2.39. The van der Waals surface area contributed by atoms with E-state index in [0.717, 1.165) is 31.8 Å². The van der Waals surface area contributed by atoms with Crippen LogP contribution in [-0.4, -0.2) is 23.8 Å². The number of rotatable bonds is 2. The summed E-state index contributed by atoms with van der Waals surface area (Å²) in [5.74, 6) is 0.843. The van der Waals surface area contributed by atoms with Crippen molar-refractivity contribution < 1.29 is 0 Å². The lowest BCUT2D eigenvalue weighted by atomic mass is 9.84. The molecule has 0 aliphatic carbocycles. The van der Waals surface area contributed by atoms with E-state index >= 15 is 0 Å². The Morgan fingerprint density at radius 3 is 2.69 bits per heavy atom. The molecule has 0 aromatic rings. The Morgan fingerprint density at radius 1 is 1.46 bits per heavy atom. The molecule has 1 saturated heterocycles. The van der Waals surface area contributed by atoms with Crippen molar-refractivity contribution in [3.8, 4) is 0 Å². The van der Waals surface area contributed by atoms with E-state index in [1.54, 1.807) is 0 Å². The topological polar surface area (TPSA) is 27.1 Å². The maximum Gasteiger partial charge on any atom is 0.0957 e. The van der Waals surface area contributed by atoms with Crippen molar-refractivity contribution in [1.82, 2.24) is 4.90 Å². The van der Waals surface area contributed by atoms with E-state index in [0.29, 0.717) is 5.41 Å². The van der Waals surface area contributed by atoms with Crippen molar-refractivity contribution in [3.05, 3.63) is 0 Å². The maximum atomic E-state index is 7.89. The zero-order valence-electron chi connectivity index (χ0n) is 9.19. The van der Waals surface area contributed by atoms with Crippen LogP contribution in [0, 0.1) is 10.8 Å². The summed E-state index contributed by atoms with van der Waals surface area (Å²) in [7, 11) is 0. The molecule has 0 aromatic heterocycles. The molecule has 1 aliphatic rings. The predicted molar refractivity (Wildman–Crippen MR) is 57.2 cm³/mol. The molecule has 0 bridgehead atoms. The molecule has 1 rings (SSSR count). The minimum Gasteiger partial charge on any atom is -0.360 e. The second-order valence-corrected chi connectivity index (χ2v) is 4.89. The predicted octanol–water partition coefficient (Wildman–Crippen LogP) is 2.89. The van der Waals surface area contributed by atoms with Crippen molar-refractivity contribution in [3.63, 3.8) is 0 Å². The molecule has 13 heavy (non-hydrogen) atoms. The van der Waals surface area contributed by atoms with Gasteiger partial charge in [0.25, 0.3) is 0 Å². The highest BCUT2D eigenvalue weighted by atomic mass is 15.2. The van der Waals surface area contributed by atoms with Gasteiger partial charge in [-0.15, -0.1) is 0 Å². The summed E-state index contributed by atoms with van der Waals surface area (Å²) in [6, 6.07) is 0. The largest absolute Gasteiger partial charge is 0.360 e. The van der Waals surface area contributed by atoms with E-state index in [9.17, 15) is 0 Å². The van der Waals surface area contributed by atoms with Gasteiger partial charge in [-0.25, -0.2) is 0 Å². The minimum atomic E-state index is 0.415. The number of likely N-dealkylation sites (tertiary alicyclic amines) is 1. The van der Waals surface area contributed by atoms with Crippen molar-refractivity contribution >= 4 is 5.84 Å². The van der Waals surface area contributed by atoms with E-state index in [1.807, 2.05) is 0 Å². The van der Waals surface area contributed by atoms with Gasteiger partial charge in [-0.1, -0.05) is 20.8 Å². The van der Waals surface area contributed by atoms with Crippen molar-refractivity contribution in [1.29, 1.82) is 5.41 Å². The Bertz CT molecular complexity index is 185. The summed E-state index contributed by atoms with van der Waals surface area (Å²) in [5.41, 5.74) is 0.415. The Labute approximate surface area is 81.8 Å². The lowest BCUT2D eigenvalue weighted by Crippen LogP contribution is -2.43. The van der Waals surface area contributed by atoms with Crippen molar-refractivity contribution in [2.75, 3.05) is 13.1 Å². The van der Waals surface area contributed by atoms with Gasteiger partial charge >= 0.3 is 0 Å². The fraction of sp³-hybridized carbons (Fsp3) is 0.909. The maximum absolute atomic E-state index is 7.89. The second kappa shape index (κ2) is 4.12. The normalized spacial score (nSPS) is 21.6. The van der Waals surface area contributed by atoms with Gasteiger partial charge in [-0.05, 0) is 24.7 Å². The molecule has 0 radical (unpaired) electrons. The van der Waals surface area contributed by atoms with Crippen LogP contribution in [0.25, 0.3) is 0 Å². The summed E-state index contributed by atoms with van der Waals surface area (Å²) in [6.45, 7) is 8.93. The molecule has 0 saturated carbocycles. The smallest absolute Gasteiger partial charge is 0.0957 e. The third-order valence-corrected chi connectivity index (χ3v) is 2.77. The summed E-state index contributed by atoms with van der Waals surface area (Å²) >= 11 is 0. The summed E-state index contributed by atoms with van der Waals surface area (Å²) in [4.78, 5) is 2.26. The van der Waals surface area contributed by atoms with Crippen LogP contribution >= 0.6 is 0 Å². The first-order valence-electron chi connectivity index (χ1n) is 5.37. The molecule has 2 nitrogen and oxygen atoms in total. The van der Waals surface area contributed by atoms with Gasteiger partial charge in [-0.2, -0.15) is 0 Å². The molecule has 1 fully saturated rings. The van der Waals surface area contributed by atoms with E-state index < -0.39 is 0 Å². The molecule has 0 spiro atoms. The average molecular weight is 182 g/mol. The number of amidine groups is 1. The van der Waals surface area contributed by atoms with E-state index in [-0.39, 0.29) is 0 Å². The zero-order chi connectivity index (χ0) is 9.90. The molecule has 0 aromatic carbocycles. The van der Waals surface area contributed by atoms with E-state index in [1.165, 1.54) is 12.8 Å². The number of piperidine rings is 1. The van der Waals surface area contributed by atoms with Crippen LogP contribution in [0.1, 0.15) is 46.5 Å². The SMILES string of the molecule is CCCC(=N)N1CCCC(C)(C)C1. The van der Waals surface area contributed by atoms with Gasteiger partial charge in [0.2, 0.25) is 0 Å². The Balaban J connectivity index is 2.47. The second-order valence-electron chi connectivity index (χ2n) is 4.89. The number of hydrogen-bond acceptors (Lipinski definition) is 1. The standard InChI is InChI=1S/C11H22N2/c1-4-6-10(12)13-8-5-7-11(2,3)9-13/h12H,4-9H2,1-3H3. The van der Waals surface area contributed by atoms with Gasteiger partial charge in [-0.3, -0.25) is 5.41 Å². The average Bonchev–Trinajstić information content (AvgIpc) is 2.03. The van der Waals surface area contributed by atoms with Crippen LogP contribution in [-0.2, 0) is 0 Å². The van der Waals surface area contributed by atoms with E-state index in [2.05, 4.69) is 25.7 Å². The van der Waals surface area contributed by atoms with Crippen LogP contribution in [0.15, 0.2) is 0 Å². The fourth-order valence-electron chi connectivity index (χ4n) is 2.05. The molecule has 1 N–H and O–H groups in total. The summed E-state index contributed by atoms with van der Waals surface area (Å²) < 4.78 is 0. The van der Waals surface area contributed by atoms with Crippen LogP contribution in [0.4, 0.5) is 0 Å². The molecular weight excluding hydrogens is 160 g/mol. The molecule has 1 heterocycles. The van der Waals surface area contributed by atoms with Crippen molar-refractivity contribution in [2.24, 2.45) is 5.41 Å². The van der Waals surface area contributed by atoms with Gasteiger partial charge in [0.05, 0.1) is 5.84 Å². The molecule has 1 aliphatic heterocycles. The van der Waals surface area contributed by atoms with Crippen LogP contribution in [0.2, 0.25) is 0 Å². The molecule has 0 atom stereocenters. The summed E-state index contributed by atoms with van der Waals surface area (Å²) in [5, 5.41) is 7.89. The van der Waals surface area contributed by atoms with Crippen LogP contribution < -0.4 is 0 Å². The molecule has 0 unspecified atom stereocenters. The first-order valence-corrected chi connectivity index (χ1v) is 5.37. The van der Waals surface area contributed by atoms with Gasteiger partial charge in [0, 0.05) is 19.5 Å². The third-order valence-electron chi connectivity index (χ3n) is 2.77. The monoisotopic (exact) mass is 182 g/mol. The Hall–Kier alpha value is -0.530. The molecule has 0 amide bonds. The van der Waals surface area contributed by atoms with E-state index in [4.69, 9.17) is 5.41 Å². The quantitative estimate of drug-likeness (QED) is 0.516. The molecule has 76 valence electrons. The fourth-order valence-corrected chi connectivity index (χ4v) is 2.05. The lowest BCUT2D eigenvalue weighted by molar-refractivity contribution is 0.175. The van der Waals surface area contributed by atoms with Crippen molar-refractivity contribution in [2.45, 2.75) is 46.5 Å². The number of nitrogens with one attached hydrogen (secondary N) is 1. The molecular formula is C11H22N2. The van der Waals surface area contributed by atoms with Crippen LogP contribution in [0.5, 0.6) is 0 Å². The van der Waals surface area contributed by atoms with Gasteiger partial charge in [0.1, 0.15) is 0 Å². The third kappa shape index (κ3) is 3.02. The molecule has 2 heteroatoms. The number of hydrogen-bond donors (Lipinski definition) is 1. The highest BCUT2D eigenvalue weighted by Crippen LogP contribution is 2.28. The highest BCUT2D eigenvalue weighted by Gasteiger charge is 2.26. The Morgan fingerprint density at radius 2 is 2.15 bits per heavy atom. The minimum absolute atomic E-state index is 0.415. The number of nitrogens with zero attached hydrogens (tertiary/aromatic N) is 1. The van der Waals surface area contributed by atoms with Gasteiger partial charge < -0.3 is 4.90 Å². The van der Waals surface area contributed by atoms with Crippen LogP contribution in [0.3, 0.4) is 0 Å².